The average molecular weight is 197 g/mol. The van der Waals surface area contributed by atoms with Crippen molar-refractivity contribution in [2.75, 3.05) is 20.3 Å². The van der Waals surface area contributed by atoms with Crippen LogP contribution in [0.5, 0.6) is 0 Å². The molecule has 13 heavy (non-hydrogen) atoms. The second-order valence-electron chi connectivity index (χ2n) is 3.29. The van der Waals surface area contributed by atoms with Crippen LogP contribution in [0.1, 0.15) is 12.8 Å². The van der Waals surface area contributed by atoms with E-state index in [0.717, 1.165) is 6.42 Å². The summed E-state index contributed by atoms with van der Waals surface area (Å²) in [7, 11) is 1.34. The molecule has 0 amide bonds. The maximum atomic E-state index is 12.4. The number of ether oxygens (including phenoxy) is 1. The van der Waals surface area contributed by atoms with Crippen molar-refractivity contribution in [2.45, 2.75) is 25.1 Å². The van der Waals surface area contributed by atoms with Gasteiger partial charge >= 0.3 is 6.18 Å². The molecule has 1 fully saturated rings. The summed E-state index contributed by atoms with van der Waals surface area (Å²) < 4.78 is 42.2. The lowest BCUT2D eigenvalue weighted by Gasteiger charge is -2.31. The van der Waals surface area contributed by atoms with Crippen molar-refractivity contribution < 1.29 is 17.9 Å². The molecular weight excluding hydrogens is 183 g/mol. The predicted octanol–water partition coefficient (Wildman–Crippen LogP) is 1.56. The van der Waals surface area contributed by atoms with Gasteiger partial charge < -0.3 is 10.1 Å². The molecular formula is C8H14F3NO. The van der Waals surface area contributed by atoms with E-state index in [0.29, 0.717) is 13.0 Å². The summed E-state index contributed by atoms with van der Waals surface area (Å²) in [4.78, 5) is 0. The smallest absolute Gasteiger partial charge is 0.381 e. The third kappa shape index (κ3) is 2.84. The molecule has 1 aliphatic heterocycles. The Morgan fingerprint density at radius 2 is 2.15 bits per heavy atom. The molecule has 2 nitrogen and oxygen atoms in total. The minimum atomic E-state index is -4.17. The highest BCUT2D eigenvalue weighted by Crippen LogP contribution is 2.29. The Hall–Kier alpha value is -0.290. The first kappa shape index (κ1) is 10.8. The largest absolute Gasteiger partial charge is 0.404 e. The van der Waals surface area contributed by atoms with Crippen LogP contribution in [-0.2, 0) is 4.74 Å². The quantitative estimate of drug-likeness (QED) is 0.725. The van der Waals surface area contributed by atoms with Crippen molar-refractivity contribution in [3.63, 3.8) is 0 Å². The zero-order chi connectivity index (χ0) is 9.90. The predicted molar refractivity (Wildman–Crippen MR) is 42.4 cm³/mol. The van der Waals surface area contributed by atoms with E-state index < -0.39 is 18.1 Å². The van der Waals surface area contributed by atoms with E-state index in [1.165, 1.54) is 7.05 Å². The molecule has 78 valence electrons. The SMILES string of the molecule is CNC(C1CCCOC1)C(F)(F)F. The van der Waals surface area contributed by atoms with Crippen molar-refractivity contribution in [3.05, 3.63) is 0 Å². The molecule has 0 saturated carbocycles. The molecule has 0 bridgehead atoms. The van der Waals surface area contributed by atoms with Gasteiger partial charge in [0.15, 0.2) is 0 Å². The molecule has 0 aromatic carbocycles. The Balaban J connectivity index is 2.54. The summed E-state index contributed by atoms with van der Waals surface area (Å²) in [6.45, 7) is 0.801. The van der Waals surface area contributed by atoms with E-state index in [-0.39, 0.29) is 6.61 Å². The van der Waals surface area contributed by atoms with Crippen molar-refractivity contribution in [3.8, 4) is 0 Å². The first-order valence-corrected chi connectivity index (χ1v) is 4.37. The molecule has 1 saturated heterocycles. The third-order valence-electron chi connectivity index (χ3n) is 2.33. The molecule has 1 aliphatic rings. The Bertz CT molecular complexity index is 154. The van der Waals surface area contributed by atoms with Crippen LogP contribution in [0.2, 0.25) is 0 Å². The van der Waals surface area contributed by atoms with Crippen LogP contribution >= 0.6 is 0 Å². The fraction of sp³-hybridized carbons (Fsp3) is 1.00. The molecule has 2 atom stereocenters. The summed E-state index contributed by atoms with van der Waals surface area (Å²) in [6.07, 6.45) is -2.86. The Kier molecular flexibility index (Phi) is 3.55. The van der Waals surface area contributed by atoms with Crippen LogP contribution in [0.15, 0.2) is 0 Å². The highest BCUT2D eigenvalue weighted by atomic mass is 19.4. The fourth-order valence-electron chi connectivity index (χ4n) is 1.70. The molecule has 2 unspecified atom stereocenters. The lowest BCUT2D eigenvalue weighted by molar-refractivity contribution is -0.175. The molecule has 1 N–H and O–H groups in total. The standard InChI is InChI=1S/C8H14F3NO/c1-12-7(8(9,10)11)6-3-2-4-13-5-6/h6-7,12H,2-5H2,1H3. The molecule has 0 aromatic rings. The normalized spacial score (nSPS) is 27.2. The van der Waals surface area contributed by atoms with Crippen molar-refractivity contribution in [1.82, 2.24) is 5.32 Å². The third-order valence-corrected chi connectivity index (χ3v) is 2.33. The number of halogens is 3. The topological polar surface area (TPSA) is 21.3 Å². The van der Waals surface area contributed by atoms with Crippen LogP contribution < -0.4 is 5.32 Å². The van der Waals surface area contributed by atoms with Gasteiger partial charge in [-0.05, 0) is 19.9 Å². The van der Waals surface area contributed by atoms with Crippen molar-refractivity contribution in [2.24, 2.45) is 5.92 Å². The molecule has 0 aromatic heterocycles. The highest BCUT2D eigenvalue weighted by molar-refractivity contribution is 4.83. The van der Waals surface area contributed by atoms with Gasteiger partial charge in [-0.2, -0.15) is 13.2 Å². The van der Waals surface area contributed by atoms with Crippen molar-refractivity contribution in [1.29, 1.82) is 0 Å². The van der Waals surface area contributed by atoms with E-state index in [9.17, 15) is 13.2 Å². The minimum Gasteiger partial charge on any atom is -0.381 e. The summed E-state index contributed by atoms with van der Waals surface area (Å²) in [5, 5.41) is 2.31. The van der Waals surface area contributed by atoms with Crippen LogP contribution in [0.4, 0.5) is 13.2 Å². The monoisotopic (exact) mass is 197 g/mol. The average Bonchev–Trinajstić information content (AvgIpc) is 2.05. The molecule has 0 aliphatic carbocycles. The maximum absolute atomic E-state index is 12.4. The zero-order valence-corrected chi connectivity index (χ0v) is 7.53. The summed E-state index contributed by atoms with van der Waals surface area (Å²) >= 11 is 0. The lowest BCUT2D eigenvalue weighted by atomic mass is 9.93. The Morgan fingerprint density at radius 3 is 2.54 bits per heavy atom. The number of hydrogen-bond donors (Lipinski definition) is 1. The summed E-state index contributed by atoms with van der Waals surface area (Å²) in [5.41, 5.74) is 0. The molecule has 1 rings (SSSR count). The van der Waals surface area contributed by atoms with E-state index in [4.69, 9.17) is 4.74 Å². The lowest BCUT2D eigenvalue weighted by Crippen LogP contribution is -2.48. The fourth-order valence-corrected chi connectivity index (χ4v) is 1.70. The summed E-state index contributed by atoms with van der Waals surface area (Å²) in [5.74, 6) is -0.432. The second kappa shape index (κ2) is 4.28. The minimum absolute atomic E-state index is 0.213. The number of nitrogens with one attached hydrogen (secondary N) is 1. The van der Waals surface area contributed by atoms with Crippen LogP contribution in [-0.4, -0.2) is 32.5 Å². The molecule has 1 heterocycles. The van der Waals surface area contributed by atoms with Gasteiger partial charge in [-0.3, -0.25) is 0 Å². The van der Waals surface area contributed by atoms with E-state index in [1.54, 1.807) is 0 Å². The van der Waals surface area contributed by atoms with E-state index in [1.807, 2.05) is 0 Å². The first-order chi connectivity index (χ1) is 6.05. The van der Waals surface area contributed by atoms with Gasteiger partial charge in [0.2, 0.25) is 0 Å². The molecule has 5 heteroatoms. The molecule has 0 radical (unpaired) electrons. The van der Waals surface area contributed by atoms with E-state index in [2.05, 4.69) is 5.32 Å². The van der Waals surface area contributed by atoms with Gasteiger partial charge in [-0.1, -0.05) is 0 Å². The van der Waals surface area contributed by atoms with E-state index >= 15 is 0 Å². The number of alkyl halides is 3. The van der Waals surface area contributed by atoms with Crippen LogP contribution in [0.25, 0.3) is 0 Å². The maximum Gasteiger partial charge on any atom is 0.404 e. The van der Waals surface area contributed by atoms with Gasteiger partial charge in [-0.15, -0.1) is 0 Å². The zero-order valence-electron chi connectivity index (χ0n) is 7.53. The highest BCUT2D eigenvalue weighted by Gasteiger charge is 2.43. The van der Waals surface area contributed by atoms with Gasteiger partial charge in [-0.25, -0.2) is 0 Å². The number of hydrogen-bond acceptors (Lipinski definition) is 2. The van der Waals surface area contributed by atoms with Crippen LogP contribution in [0, 0.1) is 5.92 Å². The molecule has 0 spiro atoms. The Morgan fingerprint density at radius 1 is 1.46 bits per heavy atom. The van der Waals surface area contributed by atoms with Gasteiger partial charge in [0.1, 0.15) is 6.04 Å². The first-order valence-electron chi connectivity index (χ1n) is 4.37. The summed E-state index contributed by atoms with van der Waals surface area (Å²) in [6, 6.07) is -1.42. The van der Waals surface area contributed by atoms with Gasteiger partial charge in [0.05, 0.1) is 6.61 Å². The number of rotatable bonds is 2. The van der Waals surface area contributed by atoms with Gasteiger partial charge in [0, 0.05) is 12.5 Å². The second-order valence-corrected chi connectivity index (χ2v) is 3.29. The Labute approximate surface area is 75.4 Å². The van der Waals surface area contributed by atoms with Gasteiger partial charge in [0.25, 0.3) is 0 Å². The van der Waals surface area contributed by atoms with Crippen molar-refractivity contribution >= 4 is 0 Å². The van der Waals surface area contributed by atoms with Crippen LogP contribution in [0.3, 0.4) is 0 Å².